The number of hydrogen-bond donors (Lipinski definition) is 8. The summed E-state index contributed by atoms with van der Waals surface area (Å²) in [6.07, 6.45) is -4.64. The van der Waals surface area contributed by atoms with E-state index in [0.717, 1.165) is 6.42 Å². The number of phosphoric acid groups is 1. The van der Waals surface area contributed by atoms with Crippen LogP contribution in [0.3, 0.4) is 0 Å². The Kier molecular flexibility index (Phi) is 41.6. The fourth-order valence-electron chi connectivity index (χ4n) is 14.3. The summed E-state index contributed by atoms with van der Waals surface area (Å²) in [6.45, 7) is 47.9. The van der Waals surface area contributed by atoms with Gasteiger partial charge >= 0.3 is 44.0 Å². The molecule has 8 rings (SSSR count). The topological polar surface area (TPSA) is 496 Å². The quantitative estimate of drug-likeness (QED) is 0.0159. The van der Waals surface area contributed by atoms with Crippen molar-refractivity contribution in [2.75, 3.05) is 92.8 Å². The highest BCUT2D eigenvalue weighted by molar-refractivity contribution is 8.07. The van der Waals surface area contributed by atoms with Crippen molar-refractivity contribution in [1.82, 2.24) is 38.6 Å². The largest absolute Gasteiger partial charge is 0.473 e. The van der Waals surface area contributed by atoms with Gasteiger partial charge in [-0.25, -0.2) is 23.7 Å². The summed E-state index contributed by atoms with van der Waals surface area (Å²) in [7, 11) is 1.72. The molecule has 0 bridgehead atoms. The summed E-state index contributed by atoms with van der Waals surface area (Å²) >= 11 is 10.6. The van der Waals surface area contributed by atoms with Gasteiger partial charge in [0.2, 0.25) is 0 Å². The number of rotatable bonds is 34. The molecule has 8 heterocycles. The van der Waals surface area contributed by atoms with Crippen LogP contribution in [0.15, 0.2) is 47.4 Å². The minimum atomic E-state index is -4.53. The summed E-state index contributed by atoms with van der Waals surface area (Å²) in [5, 5.41) is 0. The summed E-state index contributed by atoms with van der Waals surface area (Å²) in [5.74, 6) is 0.338. The van der Waals surface area contributed by atoms with Crippen molar-refractivity contribution >= 4 is 56.5 Å². The van der Waals surface area contributed by atoms with Gasteiger partial charge in [-0.2, -0.15) is 9.97 Å². The third-order valence-corrected chi connectivity index (χ3v) is 23.9. The second-order valence-corrected chi connectivity index (χ2v) is 47.8. The second kappa shape index (κ2) is 46.7. The van der Waals surface area contributed by atoms with Crippen molar-refractivity contribution in [2.24, 2.45) is 21.7 Å². The summed E-state index contributed by atoms with van der Waals surface area (Å²) < 4.78 is 127. The number of nitrogen functional groups attached to an aromatic ring is 2. The first-order valence-electron chi connectivity index (χ1n) is 42.6. The van der Waals surface area contributed by atoms with E-state index in [2.05, 4.69) is 66.5 Å². The van der Waals surface area contributed by atoms with E-state index in [1.54, 1.807) is 111 Å². The maximum absolute atomic E-state index is 12.8. The number of phosphoric ester groups is 1. The smallest absolute Gasteiger partial charge is 0.383 e. The van der Waals surface area contributed by atoms with Gasteiger partial charge in [-0.3, -0.25) is 51.4 Å². The fourth-order valence-corrected chi connectivity index (χ4v) is 20.1. The Labute approximate surface area is 762 Å². The number of H-pyrrole nitrogens is 3. The normalized spacial score (nSPS) is 25.8. The minimum absolute atomic E-state index is 0.0237. The first-order chi connectivity index (χ1) is 58.4. The zero-order valence-corrected chi connectivity index (χ0v) is 85.3. The molecule has 44 heteroatoms. The fraction of sp³-hybridized carbons (Fsp3) is 0.810. The molecule has 10 N–H and O–H groups in total. The van der Waals surface area contributed by atoms with Crippen LogP contribution in [0.5, 0.6) is 0 Å². The molecule has 0 saturated carbocycles. The molecule has 0 radical (unpaired) electrons. The number of aromatic nitrogens is 8. The number of anilines is 2. The van der Waals surface area contributed by atoms with Crippen LogP contribution in [0.25, 0.3) is 0 Å². The van der Waals surface area contributed by atoms with Crippen molar-refractivity contribution < 1.29 is 108 Å². The van der Waals surface area contributed by atoms with Crippen LogP contribution in [0.4, 0.5) is 11.6 Å². The van der Waals surface area contributed by atoms with Gasteiger partial charge in [-0.1, -0.05) is 83.1 Å². The van der Waals surface area contributed by atoms with E-state index >= 15 is 0 Å². The monoisotopic (exact) mass is 1920 g/mol. The molecule has 0 amide bonds. The first kappa shape index (κ1) is 114. The average Bonchev–Trinajstić information content (AvgIpc) is 1.64. The molecule has 7 unspecified atom stereocenters. The highest BCUT2D eigenvalue weighted by Gasteiger charge is 2.56. The Morgan fingerprint density at radius 3 is 1.05 bits per heavy atom. The van der Waals surface area contributed by atoms with Crippen LogP contribution in [0, 0.1) is 49.4 Å². The molecule has 4 aromatic heterocycles. The van der Waals surface area contributed by atoms with Gasteiger partial charge in [0.15, 0.2) is 18.7 Å². The summed E-state index contributed by atoms with van der Waals surface area (Å²) in [5.41, 5.74) is 7.56. The molecule has 736 valence electrons. The SMILES string of the molecule is COCCOC1[C@@H](OC(C)(C)C)[C@@H](CC(C)(C)C)O[C@H]1c1[nH]c(=O)nc(N)c1C.COCCOC1[C@@H](OP(=O)(O)OC(C)(C)C)[C@@H](CC(C)(C)C)O[C@H]1n1cc(C)c(=O)[nH]c1=O.COCCOC1[C@@H](OP(O)(=S)OC(C)(C)C)[C@@H](CC(C)(C)C)O[C@H]1n1cc(C)c(=O)[nH]c1=O.COCCOC1[C@@H](OP(O)(=S)OC(C)(C)C)[C@@H](CC(C)(C)C)O[C@H]1n1cc(C)c(N)nc1=O. The Morgan fingerprint density at radius 1 is 0.406 bits per heavy atom. The first-order valence-corrected chi connectivity index (χ1v) is 49.3. The highest BCUT2D eigenvalue weighted by Crippen LogP contribution is 2.56. The number of aryl methyl sites for hydroxylation is 3. The van der Waals surface area contributed by atoms with E-state index in [9.17, 15) is 48.0 Å². The average molecular weight is 1920 g/mol. The van der Waals surface area contributed by atoms with Crippen LogP contribution in [-0.4, -0.2) is 230 Å². The Balaban J connectivity index is 0.000000303. The Morgan fingerprint density at radius 2 is 0.727 bits per heavy atom. The Hall–Kier alpha value is -4.63. The van der Waals surface area contributed by atoms with Crippen molar-refractivity contribution in [3.05, 3.63) is 109 Å². The van der Waals surface area contributed by atoms with Crippen LogP contribution in [-0.2, 0) is 117 Å². The van der Waals surface area contributed by atoms with Crippen LogP contribution in [0.2, 0.25) is 0 Å². The van der Waals surface area contributed by atoms with Gasteiger partial charge in [0.05, 0.1) is 105 Å². The lowest BCUT2D eigenvalue weighted by Crippen LogP contribution is -2.42. The lowest BCUT2D eigenvalue weighted by molar-refractivity contribution is -0.132. The maximum atomic E-state index is 12.8. The number of aromatic amines is 3. The number of nitrogens with zero attached hydrogens (tertiary/aromatic N) is 5. The standard InChI is InChI=1S/C21H38N3O7PS.C21H37N3O5.C21H37N2O9P.C21H37N2O8PS/c1-13-12-24(19(25)23-17(13)22)18-16(28-10-9-27-8)15(14(29-18)11-20(2,3)4)30-32(26,33)31-21(5,6)7;1-12-14(23-19(25)24-18(12)22)16-17(27-10-9-26-8)15(29-21(5,6)7)13(28-16)11-20(2,3)4;1-13-12-23(19(25)22-17(13)24)18-16(29-10-9-28-8)15(14(30-18)11-20(2,3)4)31-33(26,27)32-21(5,6)7;1-13-12-23(19(25)22-17(13)24)18-16(28-10-9-27-8)15(14(29-18)11-20(2,3)4)30-32(26,33)31-21(5,6)7/h12,14-16,18H,9-11H2,1-8H3,(H,26,33)(H2,22,23,25);13,15-17H,9-11H2,1-8H3,(H3,22,23,24,25);12,14-16,18H,9-11H2,1-8H3,(H,26,27)(H,22,24,25);12,14-16,18H,9-11H2,1-8H3,(H,26,33)(H,22,24,25)/t14-,15+,16?,18-,32?;13-,15+,16+,17?;14-,15+,16?,18-;14-,15+,16?,18-,32?/m1111/s1. The van der Waals surface area contributed by atoms with Crippen molar-refractivity contribution in [1.29, 1.82) is 0 Å². The van der Waals surface area contributed by atoms with Crippen LogP contribution in [0.1, 0.15) is 245 Å². The number of methoxy groups -OCH3 is 4. The Bertz CT molecular complexity index is 4590. The predicted molar refractivity (Wildman–Crippen MR) is 490 cm³/mol. The molecule has 0 spiro atoms. The number of nitrogens with one attached hydrogen (secondary N) is 3. The summed E-state index contributed by atoms with van der Waals surface area (Å²) in [6, 6.07) is 0. The molecule has 4 fully saturated rings. The van der Waals surface area contributed by atoms with E-state index in [-0.39, 0.29) is 77.5 Å². The number of nitrogens with two attached hydrogens (primary N) is 2. The molecule has 4 aromatic rings. The van der Waals surface area contributed by atoms with Gasteiger partial charge in [0, 0.05) is 69.3 Å². The van der Waals surface area contributed by atoms with Gasteiger partial charge in [-0.15, -0.1) is 0 Å². The van der Waals surface area contributed by atoms with E-state index in [1.807, 2.05) is 69.2 Å². The van der Waals surface area contributed by atoms with Crippen molar-refractivity contribution in [3.63, 3.8) is 0 Å². The van der Waals surface area contributed by atoms with E-state index < -0.39 is 158 Å². The molecule has 4 aliphatic rings. The molecular weight excluding hydrogens is 1770 g/mol. The van der Waals surface area contributed by atoms with Gasteiger partial charge in [-0.05, 0) is 182 Å². The maximum Gasteiger partial charge on any atom is 0.473 e. The second-order valence-electron chi connectivity index (χ2n) is 41.0. The van der Waals surface area contributed by atoms with E-state index in [4.69, 9.17) is 124 Å². The summed E-state index contributed by atoms with van der Waals surface area (Å²) in [4.78, 5) is 121. The molecule has 128 heavy (non-hydrogen) atoms. The van der Waals surface area contributed by atoms with Crippen molar-refractivity contribution in [3.8, 4) is 0 Å². The van der Waals surface area contributed by atoms with Crippen LogP contribution < -0.4 is 45.3 Å². The lowest BCUT2D eigenvalue weighted by Gasteiger charge is -2.33. The lowest BCUT2D eigenvalue weighted by atomic mass is 9.86. The molecule has 0 aliphatic carbocycles. The zero-order chi connectivity index (χ0) is 97.6. The highest BCUT2D eigenvalue weighted by atomic mass is 32.5. The van der Waals surface area contributed by atoms with Crippen LogP contribution >= 0.6 is 21.3 Å². The molecule has 39 nitrogen and oxygen atoms in total. The van der Waals surface area contributed by atoms with Gasteiger partial charge in [0.25, 0.3) is 11.1 Å². The third kappa shape index (κ3) is 37.2. The van der Waals surface area contributed by atoms with Gasteiger partial charge < -0.3 is 102 Å². The minimum Gasteiger partial charge on any atom is -0.383 e. The number of hydrogen-bond acceptors (Lipinski definition) is 32. The molecular formula is C84H149N10O29P3S2. The van der Waals surface area contributed by atoms with E-state index in [0.29, 0.717) is 73.6 Å². The predicted octanol–water partition coefficient (Wildman–Crippen LogP) is 10.8. The molecule has 0 aromatic carbocycles. The molecule has 4 aliphatic heterocycles. The molecule has 4 saturated heterocycles. The third-order valence-electron chi connectivity index (χ3n) is 19.1. The van der Waals surface area contributed by atoms with Crippen molar-refractivity contribution in [2.45, 2.75) is 340 Å². The number of ether oxygens (including phenoxy) is 13. The van der Waals surface area contributed by atoms with E-state index in [1.165, 1.54) is 33.2 Å². The molecule has 19 atom stereocenters. The zero-order valence-electron chi connectivity index (χ0n) is 81.0. The van der Waals surface area contributed by atoms with Gasteiger partial charge in [0.1, 0.15) is 66.6 Å².